The van der Waals surface area contributed by atoms with Crippen LogP contribution in [0, 0.1) is 6.92 Å². The van der Waals surface area contributed by atoms with Gasteiger partial charge in [0.25, 0.3) is 5.91 Å². The van der Waals surface area contributed by atoms with Crippen molar-refractivity contribution in [2.24, 2.45) is 0 Å². The van der Waals surface area contributed by atoms with E-state index in [9.17, 15) is 4.79 Å². The first kappa shape index (κ1) is 20.6. The van der Waals surface area contributed by atoms with E-state index in [1.807, 2.05) is 13.0 Å². The first-order chi connectivity index (χ1) is 14.6. The van der Waals surface area contributed by atoms with Crippen LogP contribution < -0.4 is 10.1 Å². The van der Waals surface area contributed by atoms with Crippen LogP contribution in [0.1, 0.15) is 32.9 Å². The van der Waals surface area contributed by atoms with Crippen molar-refractivity contribution < 1.29 is 14.1 Å². The minimum absolute atomic E-state index is 0.0909. The molecule has 0 radical (unpaired) electrons. The highest BCUT2D eigenvalue weighted by atomic mass is 79.9. The Kier molecular flexibility index (Phi) is 6.50. The van der Waals surface area contributed by atoms with Crippen LogP contribution >= 0.6 is 15.9 Å². The second-order valence-corrected chi connectivity index (χ2v) is 8.27. The fraction of sp³-hybridized carbons (Fsp3) is 0.304. The topological polar surface area (TPSA) is 67.6 Å². The summed E-state index contributed by atoms with van der Waals surface area (Å²) < 4.78 is 11.5. The molecule has 0 aliphatic carbocycles. The van der Waals surface area contributed by atoms with E-state index in [0.29, 0.717) is 24.5 Å². The molecule has 3 aromatic rings. The highest BCUT2D eigenvalue weighted by Gasteiger charge is 2.16. The highest BCUT2D eigenvalue weighted by molar-refractivity contribution is 9.10. The number of hydrogen-bond acceptors (Lipinski definition) is 5. The van der Waals surface area contributed by atoms with E-state index in [1.165, 1.54) is 11.1 Å². The molecule has 1 amide bonds. The number of nitrogens with zero attached hydrogens (tertiary/aromatic N) is 2. The zero-order valence-corrected chi connectivity index (χ0v) is 18.4. The maximum Gasteiger partial charge on any atom is 0.251 e. The summed E-state index contributed by atoms with van der Waals surface area (Å²) in [4.78, 5) is 14.9. The number of ether oxygens (including phenoxy) is 1. The predicted molar refractivity (Wildman–Crippen MR) is 117 cm³/mol. The molecule has 7 heteroatoms. The molecule has 156 valence electrons. The number of fused-ring (bicyclic) bond motifs is 1. The lowest BCUT2D eigenvalue weighted by Gasteiger charge is -2.28. The van der Waals surface area contributed by atoms with Gasteiger partial charge >= 0.3 is 0 Å². The quantitative estimate of drug-likeness (QED) is 0.563. The van der Waals surface area contributed by atoms with Crippen molar-refractivity contribution in [3.8, 4) is 5.75 Å². The van der Waals surface area contributed by atoms with Gasteiger partial charge < -0.3 is 14.6 Å². The van der Waals surface area contributed by atoms with Crippen LogP contribution in [0.25, 0.3) is 0 Å². The summed E-state index contributed by atoms with van der Waals surface area (Å²) >= 11 is 3.48. The van der Waals surface area contributed by atoms with Crippen LogP contribution in [-0.4, -0.2) is 35.6 Å². The van der Waals surface area contributed by atoms with Gasteiger partial charge in [-0.2, -0.15) is 0 Å². The lowest BCUT2D eigenvalue weighted by molar-refractivity contribution is 0.0947. The summed E-state index contributed by atoms with van der Waals surface area (Å²) in [5.74, 6) is 1.31. The summed E-state index contributed by atoms with van der Waals surface area (Å²) in [7, 11) is 0. The molecular formula is C23H24BrN3O3. The highest BCUT2D eigenvalue weighted by Crippen LogP contribution is 2.27. The number of carbonyl (C=O) groups excluding carboxylic acids is 1. The van der Waals surface area contributed by atoms with Crippen molar-refractivity contribution >= 4 is 21.8 Å². The lowest BCUT2D eigenvalue weighted by Crippen LogP contribution is -2.37. The second kappa shape index (κ2) is 9.45. The molecule has 1 aromatic heterocycles. The van der Waals surface area contributed by atoms with E-state index in [4.69, 9.17) is 9.26 Å². The summed E-state index contributed by atoms with van der Waals surface area (Å²) in [5, 5.41) is 6.92. The van der Waals surface area contributed by atoms with E-state index in [2.05, 4.69) is 55.6 Å². The Hall–Kier alpha value is -2.64. The number of rotatable bonds is 7. The van der Waals surface area contributed by atoms with Crippen molar-refractivity contribution in [1.82, 2.24) is 15.4 Å². The largest absolute Gasteiger partial charge is 0.486 e. The minimum Gasteiger partial charge on any atom is -0.486 e. The Morgan fingerprint density at radius 3 is 2.83 bits per heavy atom. The fourth-order valence-electron chi connectivity index (χ4n) is 3.57. The average molecular weight is 470 g/mol. The van der Waals surface area contributed by atoms with E-state index >= 15 is 0 Å². The van der Waals surface area contributed by atoms with E-state index < -0.39 is 0 Å². The molecule has 1 aliphatic heterocycles. The third-order valence-electron chi connectivity index (χ3n) is 5.17. The number of aromatic nitrogens is 1. The number of halogens is 1. The van der Waals surface area contributed by atoms with Gasteiger partial charge in [0.2, 0.25) is 0 Å². The SMILES string of the molecule is Cc1cc(COc2ccc(C(=O)NCCN3CCc4ccccc4C3)cc2Br)no1. The molecule has 0 unspecified atom stereocenters. The number of hydrogen-bond donors (Lipinski definition) is 1. The van der Waals surface area contributed by atoms with Crippen LogP contribution in [0.15, 0.2) is 57.5 Å². The molecule has 1 aliphatic rings. The van der Waals surface area contributed by atoms with Gasteiger partial charge in [-0.15, -0.1) is 0 Å². The minimum atomic E-state index is -0.0909. The monoisotopic (exact) mass is 469 g/mol. The van der Waals surface area contributed by atoms with E-state index in [-0.39, 0.29) is 5.91 Å². The Morgan fingerprint density at radius 2 is 2.07 bits per heavy atom. The molecule has 6 nitrogen and oxygen atoms in total. The molecule has 2 aromatic carbocycles. The second-order valence-electron chi connectivity index (χ2n) is 7.41. The zero-order chi connectivity index (χ0) is 20.9. The number of amides is 1. The standard InChI is InChI=1S/C23H24BrN3O3/c1-16-12-20(26-30-16)15-29-22-7-6-18(13-21(22)24)23(28)25-9-11-27-10-8-17-4-2-3-5-19(17)14-27/h2-7,12-13H,8-11,14-15H2,1H3,(H,25,28). The van der Waals surface area contributed by atoms with Crippen molar-refractivity contribution in [2.45, 2.75) is 26.5 Å². The van der Waals surface area contributed by atoms with Gasteiger partial charge in [-0.05, 0) is 58.6 Å². The molecule has 30 heavy (non-hydrogen) atoms. The summed E-state index contributed by atoms with van der Waals surface area (Å²) in [6, 6.07) is 15.7. The maximum absolute atomic E-state index is 12.5. The molecule has 4 rings (SSSR count). The Balaban J connectivity index is 1.26. The molecular weight excluding hydrogens is 446 g/mol. The van der Waals surface area contributed by atoms with Gasteiger partial charge in [0.05, 0.1) is 4.47 Å². The number of aryl methyl sites for hydroxylation is 1. The number of nitrogens with one attached hydrogen (secondary N) is 1. The Morgan fingerprint density at radius 1 is 1.23 bits per heavy atom. The third kappa shape index (κ3) is 5.09. The first-order valence-corrected chi connectivity index (χ1v) is 10.8. The molecule has 0 saturated carbocycles. The van der Waals surface area contributed by atoms with Crippen molar-refractivity contribution in [1.29, 1.82) is 0 Å². The lowest BCUT2D eigenvalue weighted by atomic mass is 10.00. The van der Waals surface area contributed by atoms with Gasteiger partial charge in [0.15, 0.2) is 0 Å². The molecule has 0 spiro atoms. The van der Waals surface area contributed by atoms with Gasteiger partial charge in [0, 0.05) is 37.8 Å². The van der Waals surface area contributed by atoms with Crippen LogP contribution in [0.4, 0.5) is 0 Å². The molecule has 0 atom stereocenters. The first-order valence-electron chi connectivity index (χ1n) is 10.0. The van der Waals surface area contributed by atoms with Gasteiger partial charge in [0.1, 0.15) is 23.8 Å². The molecule has 0 bridgehead atoms. The molecule has 2 heterocycles. The normalized spacial score (nSPS) is 13.7. The zero-order valence-electron chi connectivity index (χ0n) is 16.9. The van der Waals surface area contributed by atoms with Gasteiger partial charge in [-0.25, -0.2) is 0 Å². The van der Waals surface area contributed by atoms with Crippen LogP contribution in [0.3, 0.4) is 0 Å². The summed E-state index contributed by atoms with van der Waals surface area (Å²) in [6.07, 6.45) is 1.06. The summed E-state index contributed by atoms with van der Waals surface area (Å²) in [5.41, 5.74) is 4.14. The van der Waals surface area contributed by atoms with Crippen LogP contribution in [0.5, 0.6) is 5.75 Å². The third-order valence-corrected chi connectivity index (χ3v) is 5.79. The maximum atomic E-state index is 12.5. The Labute approximate surface area is 184 Å². The van der Waals surface area contributed by atoms with Gasteiger partial charge in [-0.1, -0.05) is 29.4 Å². The van der Waals surface area contributed by atoms with Crippen molar-refractivity contribution in [3.63, 3.8) is 0 Å². The fourth-order valence-corrected chi connectivity index (χ4v) is 4.06. The van der Waals surface area contributed by atoms with Crippen LogP contribution in [0.2, 0.25) is 0 Å². The average Bonchev–Trinajstić information content (AvgIpc) is 3.17. The van der Waals surface area contributed by atoms with Crippen LogP contribution in [-0.2, 0) is 19.6 Å². The van der Waals surface area contributed by atoms with E-state index in [0.717, 1.165) is 42.0 Å². The predicted octanol–water partition coefficient (Wildman–Crippen LogP) is 4.11. The molecule has 1 N–H and O–H groups in total. The van der Waals surface area contributed by atoms with E-state index in [1.54, 1.807) is 18.2 Å². The molecule has 0 fully saturated rings. The number of benzene rings is 2. The summed E-state index contributed by atoms with van der Waals surface area (Å²) in [6.45, 7) is 5.55. The number of carbonyl (C=O) groups is 1. The van der Waals surface area contributed by atoms with Gasteiger partial charge in [-0.3, -0.25) is 9.69 Å². The smallest absolute Gasteiger partial charge is 0.251 e. The van der Waals surface area contributed by atoms with Crippen molar-refractivity contribution in [2.75, 3.05) is 19.6 Å². The molecule has 0 saturated heterocycles. The van der Waals surface area contributed by atoms with Crippen molar-refractivity contribution in [3.05, 3.63) is 81.1 Å². The Bertz CT molecular complexity index is 1030.